The zero-order chi connectivity index (χ0) is 16.8. The average molecular weight is 348 g/mol. The summed E-state index contributed by atoms with van der Waals surface area (Å²) >= 11 is 5.81. The van der Waals surface area contributed by atoms with Gasteiger partial charge in [-0.05, 0) is 48.4 Å². The fraction of sp³-hybridized carbons (Fsp3) is 0.278. The normalized spacial score (nSPS) is 12.0. The molecule has 1 N–H and O–H groups in total. The van der Waals surface area contributed by atoms with Crippen LogP contribution >= 0.6 is 11.6 Å². The summed E-state index contributed by atoms with van der Waals surface area (Å²) in [5, 5.41) is 3.56. The highest BCUT2D eigenvalue weighted by Gasteiger charge is 2.13. The second-order valence-corrected chi connectivity index (χ2v) is 5.81. The molecule has 0 spiro atoms. The van der Waals surface area contributed by atoms with Gasteiger partial charge < -0.3 is 19.5 Å². The summed E-state index contributed by atoms with van der Waals surface area (Å²) in [6, 6.07) is 12.8. The third-order valence-corrected chi connectivity index (χ3v) is 3.81. The summed E-state index contributed by atoms with van der Waals surface area (Å²) in [6.45, 7) is 1.20. The first kappa shape index (κ1) is 16.5. The van der Waals surface area contributed by atoms with Gasteiger partial charge in [0.25, 0.3) is 0 Å². The lowest BCUT2D eigenvalue weighted by molar-refractivity contribution is -0.121. The monoisotopic (exact) mass is 347 g/mol. The maximum atomic E-state index is 11.9. The molecule has 0 saturated carbocycles. The second kappa shape index (κ2) is 7.93. The number of fused-ring (bicyclic) bond motifs is 1. The molecule has 24 heavy (non-hydrogen) atoms. The van der Waals surface area contributed by atoms with Crippen LogP contribution < -0.4 is 19.5 Å². The van der Waals surface area contributed by atoms with Crippen LogP contribution in [0, 0.1) is 0 Å². The molecule has 1 amide bonds. The second-order valence-electron chi connectivity index (χ2n) is 5.37. The number of benzene rings is 2. The van der Waals surface area contributed by atoms with Gasteiger partial charge in [-0.3, -0.25) is 4.79 Å². The van der Waals surface area contributed by atoms with E-state index >= 15 is 0 Å². The molecule has 0 fully saturated rings. The Balaban J connectivity index is 1.34. The minimum absolute atomic E-state index is 0.00706. The Morgan fingerprint density at radius 2 is 1.92 bits per heavy atom. The van der Waals surface area contributed by atoms with Crippen molar-refractivity contribution in [3.05, 3.63) is 53.1 Å². The molecule has 126 valence electrons. The van der Waals surface area contributed by atoms with Gasteiger partial charge in [0.2, 0.25) is 12.7 Å². The smallest absolute Gasteiger partial charge is 0.231 e. The van der Waals surface area contributed by atoms with Crippen LogP contribution in [0.25, 0.3) is 0 Å². The van der Waals surface area contributed by atoms with Crippen molar-refractivity contribution in [2.45, 2.75) is 19.4 Å². The van der Waals surface area contributed by atoms with Gasteiger partial charge in [-0.25, -0.2) is 0 Å². The number of hydrogen-bond acceptors (Lipinski definition) is 4. The number of carbonyl (C=O) groups is 1. The maximum absolute atomic E-state index is 11.9. The Morgan fingerprint density at radius 3 is 2.75 bits per heavy atom. The minimum Gasteiger partial charge on any atom is -0.494 e. The molecule has 0 saturated heterocycles. The van der Waals surface area contributed by atoms with Gasteiger partial charge in [0.15, 0.2) is 11.5 Å². The highest BCUT2D eigenvalue weighted by molar-refractivity contribution is 6.30. The van der Waals surface area contributed by atoms with E-state index in [4.69, 9.17) is 25.8 Å². The first-order chi connectivity index (χ1) is 11.7. The lowest BCUT2D eigenvalue weighted by atomic mass is 10.2. The number of amides is 1. The standard InChI is InChI=1S/C18H18ClNO4/c19-14-4-6-15(7-5-14)22-9-1-2-18(21)20-11-13-3-8-16-17(10-13)24-12-23-16/h3-8,10H,1-2,9,11-12H2,(H,20,21). The van der Waals surface area contributed by atoms with Crippen LogP contribution in [0.15, 0.2) is 42.5 Å². The molecule has 0 unspecified atom stereocenters. The van der Waals surface area contributed by atoms with Crippen molar-refractivity contribution >= 4 is 17.5 Å². The van der Waals surface area contributed by atoms with E-state index in [1.165, 1.54) is 0 Å². The number of rotatable bonds is 7. The first-order valence-corrected chi connectivity index (χ1v) is 8.12. The highest BCUT2D eigenvalue weighted by Crippen LogP contribution is 2.32. The van der Waals surface area contributed by atoms with Crippen molar-refractivity contribution in [2.24, 2.45) is 0 Å². The number of hydrogen-bond donors (Lipinski definition) is 1. The highest BCUT2D eigenvalue weighted by atomic mass is 35.5. The fourth-order valence-electron chi connectivity index (χ4n) is 2.29. The maximum Gasteiger partial charge on any atom is 0.231 e. The van der Waals surface area contributed by atoms with Gasteiger partial charge in [-0.1, -0.05) is 17.7 Å². The van der Waals surface area contributed by atoms with Crippen molar-refractivity contribution < 1.29 is 19.0 Å². The van der Waals surface area contributed by atoms with Crippen molar-refractivity contribution in [1.82, 2.24) is 5.32 Å². The zero-order valence-electron chi connectivity index (χ0n) is 13.1. The minimum atomic E-state index is -0.00706. The Morgan fingerprint density at radius 1 is 1.12 bits per heavy atom. The number of nitrogens with one attached hydrogen (secondary N) is 1. The predicted octanol–water partition coefficient (Wildman–Crippen LogP) is 3.54. The van der Waals surface area contributed by atoms with Gasteiger partial charge >= 0.3 is 0 Å². The molecule has 0 aliphatic carbocycles. The number of halogens is 1. The van der Waals surface area contributed by atoms with E-state index in [2.05, 4.69) is 5.32 Å². The SMILES string of the molecule is O=C(CCCOc1ccc(Cl)cc1)NCc1ccc2c(c1)OCO2. The molecule has 1 aliphatic heterocycles. The van der Waals surface area contributed by atoms with E-state index in [9.17, 15) is 4.79 Å². The molecule has 5 nitrogen and oxygen atoms in total. The summed E-state index contributed by atoms with van der Waals surface area (Å²) in [4.78, 5) is 11.9. The van der Waals surface area contributed by atoms with Gasteiger partial charge in [-0.15, -0.1) is 0 Å². The Labute approximate surface area is 145 Å². The first-order valence-electron chi connectivity index (χ1n) is 7.74. The van der Waals surface area contributed by atoms with Crippen molar-refractivity contribution in [2.75, 3.05) is 13.4 Å². The van der Waals surface area contributed by atoms with Gasteiger partial charge in [-0.2, -0.15) is 0 Å². The molecular weight excluding hydrogens is 330 g/mol. The van der Waals surface area contributed by atoms with E-state index in [1.807, 2.05) is 30.3 Å². The van der Waals surface area contributed by atoms with Crippen LogP contribution in [0.5, 0.6) is 17.2 Å². The van der Waals surface area contributed by atoms with E-state index in [1.54, 1.807) is 12.1 Å². The molecule has 6 heteroatoms. The van der Waals surface area contributed by atoms with Crippen molar-refractivity contribution in [3.63, 3.8) is 0 Å². The summed E-state index contributed by atoms with van der Waals surface area (Å²) in [7, 11) is 0. The lowest BCUT2D eigenvalue weighted by Gasteiger charge is -2.08. The van der Waals surface area contributed by atoms with E-state index in [0.717, 1.165) is 22.8 Å². The summed E-state index contributed by atoms with van der Waals surface area (Å²) in [5.41, 5.74) is 0.977. The van der Waals surface area contributed by atoms with Crippen molar-refractivity contribution in [3.8, 4) is 17.2 Å². The summed E-state index contributed by atoms with van der Waals surface area (Å²) in [6.07, 6.45) is 1.06. The van der Waals surface area contributed by atoms with Crippen LogP contribution in [0.2, 0.25) is 5.02 Å². The molecular formula is C18H18ClNO4. The Hall–Kier alpha value is -2.40. The molecule has 2 aromatic carbocycles. The molecule has 0 radical (unpaired) electrons. The topological polar surface area (TPSA) is 56.8 Å². The molecule has 2 aromatic rings. The Bertz CT molecular complexity index is 703. The number of carbonyl (C=O) groups excluding carboxylic acids is 1. The molecule has 1 aliphatic rings. The molecule has 0 aromatic heterocycles. The quantitative estimate of drug-likeness (QED) is 0.778. The van der Waals surface area contributed by atoms with E-state index < -0.39 is 0 Å². The number of ether oxygens (including phenoxy) is 3. The summed E-state index contributed by atoms with van der Waals surface area (Å²) < 4.78 is 16.1. The van der Waals surface area contributed by atoms with Crippen LogP contribution in [-0.2, 0) is 11.3 Å². The van der Waals surface area contributed by atoms with Crippen LogP contribution in [0.3, 0.4) is 0 Å². The van der Waals surface area contributed by atoms with Crippen LogP contribution in [-0.4, -0.2) is 19.3 Å². The van der Waals surface area contributed by atoms with Gasteiger partial charge in [0.05, 0.1) is 6.61 Å². The molecule has 1 heterocycles. The average Bonchev–Trinajstić information content (AvgIpc) is 3.06. The molecule has 0 bridgehead atoms. The molecule has 3 rings (SSSR count). The largest absolute Gasteiger partial charge is 0.494 e. The van der Waals surface area contributed by atoms with Crippen LogP contribution in [0.4, 0.5) is 0 Å². The predicted molar refractivity (Wildman–Crippen MR) is 90.6 cm³/mol. The van der Waals surface area contributed by atoms with E-state index in [-0.39, 0.29) is 12.7 Å². The lowest BCUT2D eigenvalue weighted by Crippen LogP contribution is -2.22. The van der Waals surface area contributed by atoms with Gasteiger partial charge in [0, 0.05) is 18.0 Å². The third-order valence-electron chi connectivity index (χ3n) is 3.56. The molecule has 0 atom stereocenters. The van der Waals surface area contributed by atoms with Gasteiger partial charge in [0.1, 0.15) is 5.75 Å². The fourth-order valence-corrected chi connectivity index (χ4v) is 2.42. The third kappa shape index (κ3) is 4.55. The summed E-state index contributed by atoms with van der Waals surface area (Å²) in [5.74, 6) is 2.20. The zero-order valence-corrected chi connectivity index (χ0v) is 13.8. The van der Waals surface area contributed by atoms with Crippen molar-refractivity contribution in [1.29, 1.82) is 0 Å². The van der Waals surface area contributed by atoms with Crippen LogP contribution in [0.1, 0.15) is 18.4 Å². The Kier molecular flexibility index (Phi) is 5.43. The van der Waals surface area contributed by atoms with E-state index in [0.29, 0.717) is 31.0 Å².